The van der Waals surface area contributed by atoms with Gasteiger partial charge in [-0.2, -0.15) is 10.2 Å². The molecular formula is C14H19BrClN5O. The number of aromatic nitrogens is 4. The summed E-state index contributed by atoms with van der Waals surface area (Å²) in [7, 11) is 1.77. The van der Waals surface area contributed by atoms with Crippen LogP contribution in [0.5, 0.6) is 0 Å². The standard InChI is InChI=1S/C14H19BrClN5O/c1-5-20-13(11(15)6-17-20)8-19(4)14(22)10(3)21-7-12(16)9(2)18-21/h6-7,10H,5,8H2,1-4H3. The Hall–Kier alpha value is -1.34. The minimum Gasteiger partial charge on any atom is -0.338 e. The zero-order valence-electron chi connectivity index (χ0n) is 13.0. The van der Waals surface area contributed by atoms with Crippen LogP contribution in [0, 0.1) is 6.92 Å². The summed E-state index contributed by atoms with van der Waals surface area (Å²) in [5.74, 6) is -0.0325. The first-order chi connectivity index (χ1) is 10.3. The monoisotopic (exact) mass is 387 g/mol. The maximum atomic E-state index is 12.6. The summed E-state index contributed by atoms with van der Waals surface area (Å²) in [4.78, 5) is 14.2. The van der Waals surface area contributed by atoms with E-state index in [0.717, 1.165) is 22.4 Å². The predicted molar refractivity (Wildman–Crippen MR) is 88.8 cm³/mol. The Morgan fingerprint density at radius 2 is 2.23 bits per heavy atom. The third-order valence-electron chi connectivity index (χ3n) is 3.57. The second-order valence-electron chi connectivity index (χ2n) is 5.17. The van der Waals surface area contributed by atoms with E-state index in [9.17, 15) is 4.79 Å². The summed E-state index contributed by atoms with van der Waals surface area (Å²) in [6.07, 6.45) is 3.43. The van der Waals surface area contributed by atoms with E-state index in [4.69, 9.17) is 11.6 Å². The first-order valence-corrected chi connectivity index (χ1v) is 8.18. The van der Waals surface area contributed by atoms with Gasteiger partial charge in [0.25, 0.3) is 0 Å². The lowest BCUT2D eigenvalue weighted by molar-refractivity contribution is -0.133. The van der Waals surface area contributed by atoms with Gasteiger partial charge >= 0.3 is 0 Å². The van der Waals surface area contributed by atoms with Gasteiger partial charge in [-0.3, -0.25) is 14.2 Å². The van der Waals surface area contributed by atoms with Crippen LogP contribution in [-0.4, -0.2) is 37.4 Å². The Labute approximate surface area is 143 Å². The second-order valence-corrected chi connectivity index (χ2v) is 6.43. The van der Waals surface area contributed by atoms with Crippen LogP contribution >= 0.6 is 27.5 Å². The fourth-order valence-electron chi connectivity index (χ4n) is 2.21. The minimum absolute atomic E-state index is 0.0325. The first kappa shape index (κ1) is 17.0. The van der Waals surface area contributed by atoms with Crippen LogP contribution in [0.4, 0.5) is 0 Å². The van der Waals surface area contributed by atoms with E-state index >= 15 is 0 Å². The molecule has 0 aliphatic heterocycles. The number of likely N-dealkylation sites (N-methyl/N-ethyl adjacent to an activating group) is 1. The van der Waals surface area contributed by atoms with E-state index in [1.54, 1.807) is 29.0 Å². The van der Waals surface area contributed by atoms with Crippen molar-refractivity contribution in [2.24, 2.45) is 0 Å². The Bertz CT molecular complexity index is 661. The van der Waals surface area contributed by atoms with Crippen LogP contribution in [0.15, 0.2) is 16.9 Å². The van der Waals surface area contributed by atoms with Crippen molar-refractivity contribution >= 4 is 33.4 Å². The van der Waals surface area contributed by atoms with Crippen LogP contribution in [0.25, 0.3) is 0 Å². The molecule has 0 N–H and O–H groups in total. The molecule has 0 aliphatic rings. The molecule has 0 aliphatic carbocycles. The van der Waals surface area contributed by atoms with E-state index in [1.165, 1.54) is 0 Å². The highest BCUT2D eigenvalue weighted by Gasteiger charge is 2.22. The molecule has 2 rings (SSSR count). The summed E-state index contributed by atoms with van der Waals surface area (Å²) in [5, 5.41) is 9.10. The fraction of sp³-hybridized carbons (Fsp3) is 0.500. The highest BCUT2D eigenvalue weighted by molar-refractivity contribution is 9.10. The van der Waals surface area contributed by atoms with Gasteiger partial charge in [0.2, 0.25) is 5.91 Å². The van der Waals surface area contributed by atoms with Crippen molar-refractivity contribution in [3.05, 3.63) is 33.3 Å². The third kappa shape index (κ3) is 3.35. The van der Waals surface area contributed by atoms with E-state index in [2.05, 4.69) is 26.1 Å². The highest BCUT2D eigenvalue weighted by atomic mass is 79.9. The zero-order chi connectivity index (χ0) is 16.4. The Balaban J connectivity index is 2.13. The summed E-state index contributed by atoms with van der Waals surface area (Å²) < 4.78 is 4.37. The molecular weight excluding hydrogens is 370 g/mol. The Morgan fingerprint density at radius 3 is 2.77 bits per heavy atom. The van der Waals surface area contributed by atoms with E-state index in [1.807, 2.05) is 25.5 Å². The molecule has 2 heterocycles. The number of amides is 1. The molecule has 6 nitrogen and oxygen atoms in total. The molecule has 22 heavy (non-hydrogen) atoms. The number of rotatable bonds is 5. The van der Waals surface area contributed by atoms with Gasteiger partial charge in [-0.15, -0.1) is 0 Å². The van der Waals surface area contributed by atoms with Crippen LogP contribution in [0.1, 0.15) is 31.3 Å². The van der Waals surface area contributed by atoms with Crippen LogP contribution in [-0.2, 0) is 17.9 Å². The first-order valence-electron chi connectivity index (χ1n) is 7.01. The number of carbonyl (C=O) groups excluding carboxylic acids is 1. The topological polar surface area (TPSA) is 56.0 Å². The molecule has 0 spiro atoms. The minimum atomic E-state index is -0.409. The molecule has 1 amide bonds. The maximum Gasteiger partial charge on any atom is 0.247 e. The van der Waals surface area contributed by atoms with Gasteiger partial charge in [0.15, 0.2) is 0 Å². The molecule has 0 saturated heterocycles. The van der Waals surface area contributed by atoms with Crippen molar-refractivity contribution in [2.45, 2.75) is 39.9 Å². The number of halogens is 2. The van der Waals surface area contributed by atoms with E-state index in [-0.39, 0.29) is 5.91 Å². The molecule has 1 unspecified atom stereocenters. The predicted octanol–water partition coefficient (Wildman–Crippen LogP) is 3.04. The molecule has 2 aromatic heterocycles. The SMILES string of the molecule is CCn1ncc(Br)c1CN(C)C(=O)C(C)n1cc(Cl)c(C)n1. The molecule has 0 bridgehead atoms. The molecule has 2 aromatic rings. The Kier molecular flexibility index (Phi) is 5.28. The van der Waals surface area contributed by atoms with Gasteiger partial charge in [-0.25, -0.2) is 0 Å². The quantitative estimate of drug-likeness (QED) is 0.791. The lowest BCUT2D eigenvalue weighted by atomic mass is 10.3. The summed E-state index contributed by atoms with van der Waals surface area (Å²) in [6.45, 7) is 6.88. The van der Waals surface area contributed by atoms with Crippen LogP contribution < -0.4 is 0 Å². The highest BCUT2D eigenvalue weighted by Crippen LogP contribution is 2.20. The van der Waals surface area contributed by atoms with E-state index < -0.39 is 6.04 Å². The normalized spacial score (nSPS) is 12.5. The largest absolute Gasteiger partial charge is 0.338 e. The van der Waals surface area contributed by atoms with Crippen LogP contribution in [0.3, 0.4) is 0 Å². The lowest BCUT2D eigenvalue weighted by Crippen LogP contribution is -2.33. The molecule has 0 radical (unpaired) electrons. The third-order valence-corrected chi connectivity index (χ3v) is 4.60. The molecule has 0 fully saturated rings. The average molecular weight is 389 g/mol. The number of carbonyl (C=O) groups is 1. The van der Waals surface area contributed by atoms with Gasteiger partial charge in [0.1, 0.15) is 6.04 Å². The van der Waals surface area contributed by atoms with Gasteiger partial charge in [-0.05, 0) is 36.7 Å². The van der Waals surface area contributed by atoms with Gasteiger partial charge in [-0.1, -0.05) is 11.6 Å². The second kappa shape index (κ2) is 6.83. The van der Waals surface area contributed by atoms with Gasteiger partial charge in [0.05, 0.1) is 33.6 Å². The van der Waals surface area contributed by atoms with Crippen LogP contribution in [0.2, 0.25) is 5.02 Å². The number of hydrogen-bond acceptors (Lipinski definition) is 3. The number of hydrogen-bond donors (Lipinski definition) is 0. The number of nitrogens with zero attached hydrogens (tertiary/aromatic N) is 5. The molecule has 0 aromatic carbocycles. The summed E-state index contributed by atoms with van der Waals surface area (Å²) in [5.41, 5.74) is 1.69. The van der Waals surface area contributed by atoms with Crippen molar-refractivity contribution in [1.29, 1.82) is 0 Å². The van der Waals surface area contributed by atoms with Crippen molar-refractivity contribution in [1.82, 2.24) is 24.5 Å². The molecule has 120 valence electrons. The lowest BCUT2D eigenvalue weighted by Gasteiger charge is -2.22. The van der Waals surface area contributed by atoms with Gasteiger partial charge < -0.3 is 4.90 Å². The van der Waals surface area contributed by atoms with Crippen molar-refractivity contribution < 1.29 is 4.79 Å². The summed E-state index contributed by atoms with van der Waals surface area (Å²) >= 11 is 9.48. The van der Waals surface area contributed by atoms with E-state index in [0.29, 0.717) is 11.6 Å². The zero-order valence-corrected chi connectivity index (χ0v) is 15.4. The summed E-state index contributed by atoms with van der Waals surface area (Å²) in [6, 6.07) is -0.409. The van der Waals surface area contributed by atoms with Gasteiger partial charge in [0, 0.05) is 19.8 Å². The van der Waals surface area contributed by atoms with Crippen molar-refractivity contribution in [2.75, 3.05) is 7.05 Å². The van der Waals surface area contributed by atoms with Crippen molar-refractivity contribution in [3.8, 4) is 0 Å². The average Bonchev–Trinajstić information content (AvgIpc) is 3.01. The fourth-order valence-corrected chi connectivity index (χ4v) is 2.77. The maximum absolute atomic E-state index is 12.6. The number of aryl methyl sites for hydroxylation is 2. The Morgan fingerprint density at radius 1 is 1.55 bits per heavy atom. The van der Waals surface area contributed by atoms with Crippen molar-refractivity contribution in [3.63, 3.8) is 0 Å². The molecule has 0 saturated carbocycles. The molecule has 8 heteroatoms. The smallest absolute Gasteiger partial charge is 0.247 e. The molecule has 1 atom stereocenters.